The number of carbonyl (C=O) groups excluding carboxylic acids is 1. The molecule has 1 aromatic rings. The van der Waals surface area contributed by atoms with Gasteiger partial charge in [-0.3, -0.25) is 9.69 Å². The number of thioether (sulfide) groups is 1. The molecule has 1 fully saturated rings. The van der Waals surface area contributed by atoms with E-state index in [4.69, 9.17) is 0 Å². The van der Waals surface area contributed by atoms with E-state index in [0.29, 0.717) is 16.8 Å². The summed E-state index contributed by atoms with van der Waals surface area (Å²) < 4.78 is 0. The van der Waals surface area contributed by atoms with Gasteiger partial charge in [0.1, 0.15) is 5.82 Å². The van der Waals surface area contributed by atoms with Crippen LogP contribution in [-0.2, 0) is 4.79 Å². The molecule has 1 aliphatic heterocycles. The van der Waals surface area contributed by atoms with Gasteiger partial charge >= 0.3 is 0 Å². The minimum atomic E-state index is 0.122. The first-order chi connectivity index (χ1) is 8.77. The van der Waals surface area contributed by atoms with Gasteiger partial charge in [-0.2, -0.15) is 0 Å². The third-order valence-corrected chi connectivity index (χ3v) is 4.45. The molecule has 0 aromatic carbocycles. The van der Waals surface area contributed by atoms with Crippen LogP contribution in [0.25, 0.3) is 0 Å². The normalized spacial score (nSPS) is 16.5. The molecule has 1 amide bonds. The summed E-state index contributed by atoms with van der Waals surface area (Å²) in [5.41, 5.74) is 0. The lowest BCUT2D eigenvalue weighted by Crippen LogP contribution is -2.32. The maximum atomic E-state index is 12.0. The highest BCUT2D eigenvalue weighted by molar-refractivity contribution is 8.00. The summed E-state index contributed by atoms with van der Waals surface area (Å²) in [7, 11) is 1.79. The van der Waals surface area contributed by atoms with Crippen LogP contribution in [0.15, 0.2) is 24.4 Å². The SMILES string of the molecule is CN(C(=O)CSC1CCNCC1)c1ccccn1. The lowest BCUT2D eigenvalue weighted by atomic mass is 10.2. The van der Waals surface area contributed by atoms with Crippen molar-refractivity contribution in [3.8, 4) is 0 Å². The molecule has 4 nitrogen and oxygen atoms in total. The number of hydrogen-bond donors (Lipinski definition) is 1. The number of nitrogens with zero attached hydrogens (tertiary/aromatic N) is 2. The molecule has 2 heterocycles. The number of pyridine rings is 1. The largest absolute Gasteiger partial charge is 0.317 e. The van der Waals surface area contributed by atoms with E-state index in [0.717, 1.165) is 25.9 Å². The van der Waals surface area contributed by atoms with Gasteiger partial charge in [0.2, 0.25) is 5.91 Å². The number of carbonyl (C=O) groups is 1. The molecule has 0 aliphatic carbocycles. The van der Waals surface area contributed by atoms with Gasteiger partial charge in [-0.25, -0.2) is 4.98 Å². The summed E-state index contributed by atoms with van der Waals surface area (Å²) in [6, 6.07) is 5.60. The summed E-state index contributed by atoms with van der Waals surface area (Å²) in [4.78, 5) is 17.8. The minimum absolute atomic E-state index is 0.122. The van der Waals surface area contributed by atoms with Crippen molar-refractivity contribution in [2.24, 2.45) is 0 Å². The van der Waals surface area contributed by atoms with Gasteiger partial charge < -0.3 is 5.32 Å². The van der Waals surface area contributed by atoms with Gasteiger partial charge in [0, 0.05) is 18.5 Å². The van der Waals surface area contributed by atoms with E-state index in [1.54, 1.807) is 29.9 Å². The first-order valence-electron chi connectivity index (χ1n) is 6.27. The van der Waals surface area contributed by atoms with Crippen LogP contribution in [-0.4, -0.2) is 42.0 Å². The van der Waals surface area contributed by atoms with Crippen LogP contribution < -0.4 is 10.2 Å². The van der Waals surface area contributed by atoms with Crippen molar-refractivity contribution in [1.82, 2.24) is 10.3 Å². The predicted molar refractivity (Wildman–Crippen MR) is 76.0 cm³/mol. The summed E-state index contributed by atoms with van der Waals surface area (Å²) >= 11 is 1.77. The van der Waals surface area contributed by atoms with Crippen molar-refractivity contribution in [3.05, 3.63) is 24.4 Å². The second kappa shape index (κ2) is 6.75. The lowest BCUT2D eigenvalue weighted by Gasteiger charge is -2.23. The predicted octanol–water partition coefficient (Wildman–Crippen LogP) is 1.53. The third kappa shape index (κ3) is 3.71. The van der Waals surface area contributed by atoms with Gasteiger partial charge in [0.15, 0.2) is 0 Å². The van der Waals surface area contributed by atoms with Gasteiger partial charge in [-0.15, -0.1) is 11.8 Å². The Balaban J connectivity index is 1.80. The average molecular weight is 265 g/mol. The van der Waals surface area contributed by atoms with Crippen molar-refractivity contribution in [1.29, 1.82) is 0 Å². The molecule has 1 aliphatic rings. The first-order valence-corrected chi connectivity index (χ1v) is 7.32. The first kappa shape index (κ1) is 13.4. The molecule has 1 aromatic heterocycles. The summed E-state index contributed by atoms with van der Waals surface area (Å²) in [5.74, 6) is 1.38. The number of hydrogen-bond acceptors (Lipinski definition) is 4. The number of amides is 1. The quantitative estimate of drug-likeness (QED) is 0.897. The molecule has 0 bridgehead atoms. The van der Waals surface area contributed by atoms with E-state index in [1.807, 2.05) is 18.2 Å². The second-order valence-corrected chi connectivity index (χ2v) is 5.69. The number of piperidine rings is 1. The van der Waals surface area contributed by atoms with Crippen LogP contribution in [0, 0.1) is 0 Å². The smallest absolute Gasteiger partial charge is 0.237 e. The lowest BCUT2D eigenvalue weighted by molar-refractivity contribution is -0.115. The summed E-state index contributed by atoms with van der Waals surface area (Å²) in [5, 5.41) is 3.95. The molecular weight excluding hydrogens is 246 g/mol. The van der Waals surface area contributed by atoms with Crippen LogP contribution in [0.5, 0.6) is 0 Å². The Hall–Kier alpha value is -1.07. The van der Waals surface area contributed by atoms with Crippen LogP contribution >= 0.6 is 11.8 Å². The zero-order valence-corrected chi connectivity index (χ0v) is 11.4. The highest BCUT2D eigenvalue weighted by atomic mass is 32.2. The zero-order chi connectivity index (χ0) is 12.8. The molecule has 2 rings (SSSR count). The molecule has 98 valence electrons. The van der Waals surface area contributed by atoms with Gasteiger partial charge in [0.05, 0.1) is 5.75 Å². The number of anilines is 1. The van der Waals surface area contributed by atoms with E-state index in [-0.39, 0.29) is 5.91 Å². The Morgan fingerprint density at radius 3 is 2.94 bits per heavy atom. The van der Waals surface area contributed by atoms with Crippen molar-refractivity contribution in [2.45, 2.75) is 18.1 Å². The van der Waals surface area contributed by atoms with Gasteiger partial charge in [-0.05, 0) is 38.1 Å². The standard InChI is InChI=1S/C13H19N3OS/c1-16(12-4-2-3-7-15-12)13(17)10-18-11-5-8-14-9-6-11/h2-4,7,11,14H,5-6,8-10H2,1H3. The molecule has 0 radical (unpaired) electrons. The van der Waals surface area contributed by atoms with E-state index in [1.165, 1.54) is 0 Å². The molecule has 0 saturated carbocycles. The average Bonchev–Trinajstić information content (AvgIpc) is 2.46. The number of aromatic nitrogens is 1. The van der Waals surface area contributed by atoms with Crippen molar-refractivity contribution in [3.63, 3.8) is 0 Å². The van der Waals surface area contributed by atoms with Crippen molar-refractivity contribution in [2.75, 3.05) is 30.8 Å². The van der Waals surface area contributed by atoms with Gasteiger partial charge in [-0.1, -0.05) is 6.07 Å². The second-order valence-electron chi connectivity index (χ2n) is 4.40. The Morgan fingerprint density at radius 1 is 1.50 bits per heavy atom. The zero-order valence-electron chi connectivity index (χ0n) is 10.6. The fourth-order valence-electron chi connectivity index (χ4n) is 1.93. The molecule has 1 N–H and O–H groups in total. The molecule has 5 heteroatoms. The Bertz CT molecular complexity index is 379. The van der Waals surface area contributed by atoms with E-state index < -0.39 is 0 Å². The molecular formula is C13H19N3OS. The van der Waals surface area contributed by atoms with E-state index in [9.17, 15) is 4.79 Å². The topological polar surface area (TPSA) is 45.2 Å². The summed E-state index contributed by atoms with van der Waals surface area (Å²) in [6.07, 6.45) is 4.02. The van der Waals surface area contributed by atoms with Crippen molar-refractivity contribution < 1.29 is 4.79 Å². The number of nitrogens with one attached hydrogen (secondary N) is 1. The van der Waals surface area contributed by atoms with E-state index in [2.05, 4.69) is 10.3 Å². The van der Waals surface area contributed by atoms with Crippen LogP contribution in [0.4, 0.5) is 5.82 Å². The maximum absolute atomic E-state index is 12.0. The molecule has 1 saturated heterocycles. The Morgan fingerprint density at radius 2 is 2.28 bits per heavy atom. The molecule has 0 atom stereocenters. The Labute approximate surface area is 112 Å². The van der Waals surface area contributed by atoms with Crippen molar-refractivity contribution >= 4 is 23.5 Å². The highest BCUT2D eigenvalue weighted by Crippen LogP contribution is 2.21. The fraction of sp³-hybridized carbons (Fsp3) is 0.538. The van der Waals surface area contributed by atoms with Gasteiger partial charge in [0.25, 0.3) is 0 Å². The molecule has 18 heavy (non-hydrogen) atoms. The van der Waals surface area contributed by atoms with Crippen LogP contribution in [0.1, 0.15) is 12.8 Å². The number of rotatable bonds is 4. The highest BCUT2D eigenvalue weighted by Gasteiger charge is 2.17. The molecule has 0 unspecified atom stereocenters. The molecule has 0 spiro atoms. The van der Waals surface area contributed by atoms with E-state index >= 15 is 0 Å². The minimum Gasteiger partial charge on any atom is -0.317 e. The fourth-order valence-corrected chi connectivity index (χ4v) is 3.07. The third-order valence-electron chi connectivity index (χ3n) is 3.10. The van der Waals surface area contributed by atoms with Crippen LogP contribution in [0.2, 0.25) is 0 Å². The monoisotopic (exact) mass is 265 g/mol. The maximum Gasteiger partial charge on any atom is 0.237 e. The van der Waals surface area contributed by atoms with Crippen LogP contribution in [0.3, 0.4) is 0 Å². The summed E-state index contributed by atoms with van der Waals surface area (Å²) in [6.45, 7) is 2.14. The Kier molecular flexibility index (Phi) is 5.01.